The van der Waals surface area contributed by atoms with Gasteiger partial charge in [-0.15, -0.1) is 5.11 Å². The second-order valence-electron chi connectivity index (χ2n) is 6.39. The van der Waals surface area contributed by atoms with Crippen molar-refractivity contribution in [3.63, 3.8) is 0 Å². The van der Waals surface area contributed by atoms with E-state index in [0.717, 1.165) is 12.8 Å². The summed E-state index contributed by atoms with van der Waals surface area (Å²) in [6.07, 6.45) is 1.67. The number of nitrogens with zero attached hydrogens (tertiary/aromatic N) is 3. The summed E-state index contributed by atoms with van der Waals surface area (Å²) in [5.41, 5.74) is -1.92. The van der Waals surface area contributed by atoms with Crippen LogP contribution in [0.1, 0.15) is 19.8 Å². The number of benzene rings is 1. The Labute approximate surface area is 154 Å². The van der Waals surface area contributed by atoms with Crippen LogP contribution in [-0.4, -0.2) is 40.9 Å². The van der Waals surface area contributed by atoms with E-state index >= 15 is 0 Å². The first-order valence-corrected chi connectivity index (χ1v) is 9.79. The standard InChI is InChI=1S/C16H19N5O5S/c1-10-6-8-21(9-7-10)27(25,26)12-4-2-11(3-5-12)19-20-13-14(22)17-16(24)18-15(13)23/h2-5,10H,6-9H2,1H3,(H3,17,18,22,23,24). The quantitative estimate of drug-likeness (QED) is 0.675. The first-order chi connectivity index (χ1) is 12.8. The number of hydrogen-bond acceptors (Lipinski definition) is 7. The maximum atomic E-state index is 12.7. The topological polar surface area (TPSA) is 148 Å². The molecule has 1 fully saturated rings. The minimum atomic E-state index is -3.56. The zero-order chi connectivity index (χ0) is 19.6. The minimum Gasteiger partial charge on any atom is -0.493 e. The molecule has 3 N–H and O–H groups in total. The second-order valence-corrected chi connectivity index (χ2v) is 8.32. The van der Waals surface area contributed by atoms with E-state index in [-0.39, 0.29) is 10.6 Å². The summed E-state index contributed by atoms with van der Waals surface area (Å²) in [6, 6.07) is 5.72. The van der Waals surface area contributed by atoms with Gasteiger partial charge in [0.25, 0.3) is 5.56 Å². The number of rotatable bonds is 4. The fourth-order valence-electron chi connectivity index (χ4n) is 2.73. The van der Waals surface area contributed by atoms with Crippen molar-refractivity contribution in [1.82, 2.24) is 14.3 Å². The van der Waals surface area contributed by atoms with Crippen LogP contribution in [0.3, 0.4) is 0 Å². The lowest BCUT2D eigenvalue weighted by Gasteiger charge is -2.29. The van der Waals surface area contributed by atoms with Gasteiger partial charge in [0, 0.05) is 13.1 Å². The number of piperidine rings is 1. The predicted molar refractivity (Wildman–Crippen MR) is 97.1 cm³/mol. The Morgan fingerprint density at radius 1 is 1.07 bits per heavy atom. The van der Waals surface area contributed by atoms with Gasteiger partial charge in [-0.2, -0.15) is 9.42 Å². The van der Waals surface area contributed by atoms with Crippen molar-refractivity contribution in [3.05, 3.63) is 45.1 Å². The fraction of sp³-hybridized carbons (Fsp3) is 0.375. The molecule has 0 bridgehead atoms. The van der Waals surface area contributed by atoms with Crippen molar-refractivity contribution in [2.45, 2.75) is 24.7 Å². The van der Waals surface area contributed by atoms with Crippen LogP contribution in [0.4, 0.5) is 11.4 Å². The third kappa shape index (κ3) is 4.14. The molecule has 0 radical (unpaired) electrons. The highest BCUT2D eigenvalue weighted by atomic mass is 32.2. The van der Waals surface area contributed by atoms with E-state index < -0.39 is 32.8 Å². The van der Waals surface area contributed by atoms with Crippen molar-refractivity contribution in [2.75, 3.05) is 13.1 Å². The lowest BCUT2D eigenvalue weighted by atomic mass is 10.0. The van der Waals surface area contributed by atoms with Crippen molar-refractivity contribution in [1.29, 1.82) is 0 Å². The van der Waals surface area contributed by atoms with E-state index in [1.54, 1.807) is 0 Å². The first kappa shape index (κ1) is 19.0. The number of H-pyrrole nitrogens is 2. The molecule has 144 valence electrons. The highest BCUT2D eigenvalue weighted by molar-refractivity contribution is 7.89. The van der Waals surface area contributed by atoms with Gasteiger partial charge in [-0.05, 0) is 43.0 Å². The van der Waals surface area contributed by atoms with Crippen LogP contribution in [0, 0.1) is 5.92 Å². The van der Waals surface area contributed by atoms with E-state index in [9.17, 15) is 23.1 Å². The molecule has 2 heterocycles. The van der Waals surface area contributed by atoms with Gasteiger partial charge < -0.3 is 5.11 Å². The van der Waals surface area contributed by atoms with Crippen molar-refractivity contribution in [3.8, 4) is 5.88 Å². The van der Waals surface area contributed by atoms with E-state index in [1.807, 2.05) is 9.97 Å². The van der Waals surface area contributed by atoms with Gasteiger partial charge in [0.1, 0.15) is 0 Å². The van der Waals surface area contributed by atoms with Gasteiger partial charge in [0.2, 0.25) is 21.6 Å². The molecule has 1 aromatic heterocycles. The largest absolute Gasteiger partial charge is 0.493 e. The van der Waals surface area contributed by atoms with Crippen LogP contribution in [0.15, 0.2) is 49.0 Å². The van der Waals surface area contributed by atoms with Crippen LogP contribution >= 0.6 is 0 Å². The molecule has 0 spiro atoms. The second kappa shape index (κ2) is 7.45. The zero-order valence-electron chi connectivity index (χ0n) is 14.5. The Morgan fingerprint density at radius 2 is 1.70 bits per heavy atom. The molecule has 27 heavy (non-hydrogen) atoms. The number of aromatic hydroxyl groups is 1. The smallest absolute Gasteiger partial charge is 0.328 e. The van der Waals surface area contributed by atoms with Crippen molar-refractivity contribution >= 4 is 21.4 Å². The molecule has 3 rings (SSSR count). The zero-order valence-corrected chi connectivity index (χ0v) is 15.4. The SMILES string of the molecule is CC1CCN(S(=O)(=O)c2ccc(N=Nc3c(O)[nH]c(=O)[nH]c3=O)cc2)CC1. The molecule has 10 nitrogen and oxygen atoms in total. The molecule has 11 heteroatoms. The Bertz CT molecular complexity index is 1060. The van der Waals surface area contributed by atoms with Crippen LogP contribution in [0.2, 0.25) is 0 Å². The van der Waals surface area contributed by atoms with Crippen LogP contribution < -0.4 is 11.2 Å². The minimum absolute atomic E-state index is 0.153. The van der Waals surface area contributed by atoms with Crippen LogP contribution in [0.25, 0.3) is 0 Å². The average molecular weight is 393 g/mol. The number of sulfonamides is 1. The highest BCUT2D eigenvalue weighted by Crippen LogP contribution is 2.26. The summed E-state index contributed by atoms with van der Waals surface area (Å²) in [4.78, 5) is 26.7. The van der Waals surface area contributed by atoms with Crippen molar-refractivity contribution < 1.29 is 13.5 Å². The lowest BCUT2D eigenvalue weighted by Crippen LogP contribution is -2.37. The number of aromatic nitrogens is 2. The van der Waals surface area contributed by atoms with Crippen LogP contribution in [0.5, 0.6) is 5.88 Å². The van der Waals surface area contributed by atoms with Gasteiger partial charge in [-0.25, -0.2) is 13.2 Å². The molecule has 0 saturated carbocycles. The monoisotopic (exact) mass is 393 g/mol. The molecular weight excluding hydrogens is 374 g/mol. The number of hydrogen-bond donors (Lipinski definition) is 3. The van der Waals surface area contributed by atoms with Gasteiger partial charge in [-0.1, -0.05) is 6.92 Å². The third-order valence-corrected chi connectivity index (χ3v) is 6.29. The molecule has 0 atom stereocenters. The maximum Gasteiger partial charge on any atom is 0.328 e. The molecule has 0 amide bonds. The molecule has 1 aromatic carbocycles. The molecule has 2 aromatic rings. The summed E-state index contributed by atoms with van der Waals surface area (Å²) in [6.45, 7) is 3.10. The number of azo groups is 1. The van der Waals surface area contributed by atoms with E-state index in [0.29, 0.717) is 19.0 Å². The molecular formula is C16H19N5O5S. The molecule has 1 aliphatic rings. The molecule has 0 aliphatic carbocycles. The van der Waals surface area contributed by atoms with Gasteiger partial charge >= 0.3 is 5.69 Å². The Hall–Kier alpha value is -2.79. The van der Waals surface area contributed by atoms with Gasteiger partial charge in [0.15, 0.2) is 0 Å². The fourth-order valence-corrected chi connectivity index (χ4v) is 4.20. The van der Waals surface area contributed by atoms with Crippen molar-refractivity contribution in [2.24, 2.45) is 16.1 Å². The summed E-state index contributed by atoms with van der Waals surface area (Å²) in [5.74, 6) is -0.183. The van der Waals surface area contributed by atoms with E-state index in [2.05, 4.69) is 17.2 Å². The number of aromatic amines is 2. The van der Waals surface area contributed by atoms with Gasteiger partial charge in [0.05, 0.1) is 10.6 Å². The Balaban J connectivity index is 1.80. The Morgan fingerprint density at radius 3 is 2.30 bits per heavy atom. The van der Waals surface area contributed by atoms with Gasteiger partial charge in [-0.3, -0.25) is 14.8 Å². The third-order valence-electron chi connectivity index (χ3n) is 4.38. The lowest BCUT2D eigenvalue weighted by molar-refractivity contribution is 0.288. The Kier molecular flexibility index (Phi) is 5.24. The van der Waals surface area contributed by atoms with Crippen LogP contribution in [-0.2, 0) is 10.0 Å². The predicted octanol–water partition coefficient (Wildman–Crippen LogP) is 1.60. The molecule has 1 aliphatic heterocycles. The maximum absolute atomic E-state index is 12.7. The highest BCUT2D eigenvalue weighted by Gasteiger charge is 2.27. The number of nitrogens with one attached hydrogen (secondary N) is 2. The summed E-state index contributed by atoms with van der Waals surface area (Å²) >= 11 is 0. The molecule has 0 unspecified atom stereocenters. The van der Waals surface area contributed by atoms with E-state index in [4.69, 9.17) is 0 Å². The summed E-state index contributed by atoms with van der Waals surface area (Å²) in [5, 5.41) is 16.9. The summed E-state index contributed by atoms with van der Waals surface area (Å²) in [7, 11) is -3.56. The average Bonchev–Trinajstić information content (AvgIpc) is 2.61. The summed E-state index contributed by atoms with van der Waals surface area (Å²) < 4.78 is 26.8. The molecule has 1 saturated heterocycles. The van der Waals surface area contributed by atoms with E-state index in [1.165, 1.54) is 28.6 Å². The first-order valence-electron chi connectivity index (χ1n) is 8.35. The normalized spacial score (nSPS) is 16.8.